The number of aromatic nitrogens is 5. The Balaban J connectivity index is 1.78. The van der Waals surface area contributed by atoms with E-state index in [0.29, 0.717) is 21.6 Å². The van der Waals surface area contributed by atoms with Crippen molar-refractivity contribution in [2.75, 3.05) is 11.1 Å². The van der Waals surface area contributed by atoms with Crippen LogP contribution in [0.5, 0.6) is 0 Å². The Labute approximate surface area is 158 Å². The first-order valence-electron chi connectivity index (χ1n) is 7.79. The van der Waals surface area contributed by atoms with Crippen LogP contribution in [0, 0.1) is 0 Å². The van der Waals surface area contributed by atoms with Gasteiger partial charge in [-0.2, -0.15) is 9.61 Å². The molecular weight excluding hydrogens is 376 g/mol. The highest BCUT2D eigenvalue weighted by molar-refractivity contribution is 7.99. The van der Waals surface area contributed by atoms with Crippen LogP contribution in [0.3, 0.4) is 0 Å². The Morgan fingerprint density at radius 3 is 2.73 bits per heavy atom. The third-order valence-electron chi connectivity index (χ3n) is 3.44. The average molecular weight is 393 g/mol. The first-order valence-corrected chi connectivity index (χ1v) is 9.15. The van der Waals surface area contributed by atoms with E-state index < -0.39 is 5.41 Å². The molecule has 10 heteroatoms. The van der Waals surface area contributed by atoms with Crippen molar-refractivity contribution < 1.29 is 4.79 Å². The predicted molar refractivity (Wildman–Crippen MR) is 101 cm³/mol. The topological polar surface area (TPSA) is 105 Å². The van der Waals surface area contributed by atoms with Crippen molar-refractivity contribution in [3.8, 4) is 0 Å². The zero-order valence-corrected chi connectivity index (χ0v) is 16.0. The van der Waals surface area contributed by atoms with Crippen molar-refractivity contribution in [1.29, 1.82) is 0 Å². The quantitative estimate of drug-likeness (QED) is 0.661. The van der Waals surface area contributed by atoms with Gasteiger partial charge in [-0.05, 0) is 12.1 Å². The molecule has 1 amide bonds. The smallest absolute Gasteiger partial charge is 0.274 e. The van der Waals surface area contributed by atoms with E-state index >= 15 is 0 Å². The summed E-state index contributed by atoms with van der Waals surface area (Å²) in [6.45, 7) is 5.68. The average Bonchev–Trinajstić information content (AvgIpc) is 2.95. The third-order valence-corrected chi connectivity index (χ3v) is 4.69. The number of carbonyl (C=O) groups is 1. The van der Waals surface area contributed by atoms with Crippen molar-refractivity contribution in [3.05, 3.63) is 45.3 Å². The normalized spacial score (nSPS) is 11.7. The molecule has 0 atom stereocenters. The summed E-state index contributed by atoms with van der Waals surface area (Å²) < 4.78 is 1.44. The van der Waals surface area contributed by atoms with Crippen molar-refractivity contribution in [2.45, 2.75) is 31.3 Å². The van der Waals surface area contributed by atoms with E-state index in [2.05, 4.69) is 25.6 Å². The van der Waals surface area contributed by atoms with Gasteiger partial charge in [0.1, 0.15) is 5.69 Å². The SMILES string of the molecule is CC(C)(C)c1nn2c(SCC(=O)Nc3ccccc3Cl)nnc2[nH]c1=O. The first kappa shape index (κ1) is 18.4. The van der Waals surface area contributed by atoms with Gasteiger partial charge in [0.05, 0.1) is 16.5 Å². The summed E-state index contributed by atoms with van der Waals surface area (Å²) >= 11 is 7.19. The van der Waals surface area contributed by atoms with Crippen LogP contribution in [0.2, 0.25) is 5.02 Å². The van der Waals surface area contributed by atoms with E-state index in [1.807, 2.05) is 20.8 Å². The third kappa shape index (κ3) is 3.88. The number of para-hydroxylation sites is 1. The molecule has 0 unspecified atom stereocenters. The second-order valence-corrected chi connectivity index (χ2v) is 7.94. The lowest BCUT2D eigenvalue weighted by Crippen LogP contribution is -2.28. The van der Waals surface area contributed by atoms with E-state index in [-0.39, 0.29) is 23.0 Å². The number of nitrogens with one attached hydrogen (secondary N) is 2. The summed E-state index contributed by atoms with van der Waals surface area (Å²) in [5, 5.41) is 15.9. The molecule has 0 bridgehead atoms. The molecule has 3 aromatic rings. The molecule has 0 radical (unpaired) electrons. The number of halogens is 1. The fourth-order valence-electron chi connectivity index (χ4n) is 2.20. The zero-order valence-electron chi connectivity index (χ0n) is 14.4. The molecule has 0 saturated carbocycles. The van der Waals surface area contributed by atoms with Crippen molar-refractivity contribution in [3.63, 3.8) is 0 Å². The van der Waals surface area contributed by atoms with Crippen molar-refractivity contribution in [1.82, 2.24) is 24.8 Å². The van der Waals surface area contributed by atoms with Gasteiger partial charge in [0, 0.05) is 5.41 Å². The van der Waals surface area contributed by atoms with E-state index in [0.717, 1.165) is 11.8 Å². The van der Waals surface area contributed by atoms with Gasteiger partial charge in [-0.25, -0.2) is 0 Å². The lowest BCUT2D eigenvalue weighted by atomic mass is 9.93. The number of thioether (sulfide) groups is 1. The van der Waals surface area contributed by atoms with Crippen LogP contribution in [0.15, 0.2) is 34.2 Å². The van der Waals surface area contributed by atoms with Crippen molar-refractivity contribution >= 4 is 40.7 Å². The van der Waals surface area contributed by atoms with Gasteiger partial charge in [0.2, 0.25) is 11.1 Å². The zero-order chi connectivity index (χ0) is 18.9. The maximum absolute atomic E-state index is 12.2. The number of nitrogens with zero attached hydrogens (tertiary/aromatic N) is 4. The van der Waals surface area contributed by atoms with Crippen molar-refractivity contribution in [2.24, 2.45) is 0 Å². The highest BCUT2D eigenvalue weighted by Gasteiger charge is 2.22. The van der Waals surface area contributed by atoms with Gasteiger partial charge in [-0.1, -0.05) is 56.3 Å². The number of amides is 1. The Bertz CT molecular complexity index is 1020. The van der Waals surface area contributed by atoms with E-state index in [1.165, 1.54) is 4.52 Å². The maximum atomic E-state index is 12.2. The summed E-state index contributed by atoms with van der Waals surface area (Å²) in [7, 11) is 0. The summed E-state index contributed by atoms with van der Waals surface area (Å²) in [6.07, 6.45) is 0. The number of fused-ring (bicyclic) bond motifs is 1. The Kier molecular flexibility index (Phi) is 5.01. The minimum Gasteiger partial charge on any atom is -0.324 e. The van der Waals surface area contributed by atoms with Crippen LogP contribution < -0.4 is 10.9 Å². The number of anilines is 1. The molecule has 0 aliphatic rings. The maximum Gasteiger partial charge on any atom is 0.274 e. The van der Waals surface area contributed by atoms with Gasteiger partial charge in [-0.15, -0.1) is 10.2 Å². The summed E-state index contributed by atoms with van der Waals surface area (Å²) in [6, 6.07) is 6.99. The molecule has 0 saturated heterocycles. The van der Waals surface area contributed by atoms with Crippen LogP contribution in [0.1, 0.15) is 26.5 Å². The number of rotatable bonds is 4. The molecule has 1 aromatic carbocycles. The van der Waals surface area contributed by atoms with Gasteiger partial charge >= 0.3 is 0 Å². The van der Waals surface area contributed by atoms with Crippen LogP contribution in [-0.2, 0) is 10.2 Å². The second kappa shape index (κ2) is 7.08. The number of carbonyl (C=O) groups excluding carboxylic acids is 1. The number of aromatic amines is 1. The molecule has 0 spiro atoms. The molecule has 0 fully saturated rings. The van der Waals surface area contributed by atoms with Crippen LogP contribution >= 0.6 is 23.4 Å². The number of hydrogen-bond donors (Lipinski definition) is 2. The fourth-order valence-corrected chi connectivity index (χ4v) is 3.06. The largest absolute Gasteiger partial charge is 0.324 e. The molecular formula is C16H17ClN6O2S. The van der Waals surface area contributed by atoms with Crippen LogP contribution in [-0.4, -0.2) is 36.5 Å². The molecule has 2 aromatic heterocycles. The molecule has 26 heavy (non-hydrogen) atoms. The summed E-state index contributed by atoms with van der Waals surface area (Å²) in [5.41, 5.74) is 0.177. The monoisotopic (exact) mass is 392 g/mol. The minimum absolute atomic E-state index is 0.0949. The minimum atomic E-state index is -0.435. The van der Waals surface area contributed by atoms with E-state index in [9.17, 15) is 9.59 Å². The lowest BCUT2D eigenvalue weighted by molar-refractivity contribution is -0.113. The Hall–Kier alpha value is -2.39. The van der Waals surface area contributed by atoms with E-state index in [4.69, 9.17) is 11.6 Å². The van der Waals surface area contributed by atoms with E-state index in [1.54, 1.807) is 24.3 Å². The van der Waals surface area contributed by atoms with Gasteiger partial charge in [0.15, 0.2) is 0 Å². The fraction of sp³-hybridized carbons (Fsp3) is 0.312. The number of H-pyrrole nitrogens is 1. The van der Waals surface area contributed by atoms with Gasteiger partial charge < -0.3 is 5.32 Å². The molecule has 0 aliphatic carbocycles. The molecule has 3 rings (SSSR count). The lowest BCUT2D eigenvalue weighted by Gasteiger charge is -2.15. The highest BCUT2D eigenvalue weighted by Crippen LogP contribution is 2.22. The number of benzene rings is 1. The summed E-state index contributed by atoms with van der Waals surface area (Å²) in [5.74, 6) is 0.0924. The molecule has 8 nitrogen and oxygen atoms in total. The van der Waals surface area contributed by atoms with Gasteiger partial charge in [0.25, 0.3) is 11.3 Å². The first-order chi connectivity index (χ1) is 12.3. The molecule has 2 N–H and O–H groups in total. The summed E-state index contributed by atoms with van der Waals surface area (Å²) in [4.78, 5) is 26.9. The van der Waals surface area contributed by atoms with Crippen LogP contribution in [0.25, 0.3) is 5.78 Å². The van der Waals surface area contributed by atoms with Gasteiger partial charge in [-0.3, -0.25) is 14.6 Å². The molecule has 2 heterocycles. The Morgan fingerprint density at radius 2 is 2.04 bits per heavy atom. The molecule has 0 aliphatic heterocycles. The standard InChI is InChI=1S/C16H17ClN6O2S/c1-16(2,3)12-13(25)19-14-20-21-15(23(14)22-12)26-8-11(24)18-10-7-5-4-6-9(10)17/h4-7H,8H2,1-3H3,(H,18,24)(H,19,20,25). The Morgan fingerprint density at radius 1 is 1.31 bits per heavy atom. The highest BCUT2D eigenvalue weighted by atomic mass is 35.5. The van der Waals surface area contributed by atoms with Crippen LogP contribution in [0.4, 0.5) is 5.69 Å². The second-order valence-electron chi connectivity index (χ2n) is 6.59. The molecule has 136 valence electrons. The number of hydrogen-bond acceptors (Lipinski definition) is 6. The predicted octanol–water partition coefficient (Wildman–Crippen LogP) is 2.49.